The molecule has 4 aliphatic carbocycles. The van der Waals surface area contributed by atoms with Gasteiger partial charge in [-0.15, -0.1) is 0 Å². The molecule has 4 heteroatoms. The summed E-state index contributed by atoms with van der Waals surface area (Å²) in [5.41, 5.74) is 2.58. The summed E-state index contributed by atoms with van der Waals surface area (Å²) in [6, 6.07) is 0. The predicted octanol–water partition coefficient (Wildman–Crippen LogP) is 8.14. The summed E-state index contributed by atoms with van der Waals surface area (Å²) in [6.45, 7) is 16.1. The largest absolute Gasteiger partial charge is 0.466 e. The molecule has 4 rings (SSSR count). The number of ether oxygens (including phenoxy) is 2. The number of carbonyl (C=O) groups is 2. The number of fused-ring (bicyclic) bond motifs is 5. The Kier molecular flexibility index (Phi) is 8.86. The average molecular weight is 515 g/mol. The molecule has 0 radical (unpaired) electrons. The lowest BCUT2D eigenvalue weighted by Gasteiger charge is -2.58. The van der Waals surface area contributed by atoms with Crippen molar-refractivity contribution < 1.29 is 19.1 Å². The van der Waals surface area contributed by atoms with Crippen LogP contribution in [-0.2, 0) is 19.1 Å². The summed E-state index contributed by atoms with van der Waals surface area (Å²) < 4.78 is 10.9. The Balaban J connectivity index is 1.42. The van der Waals surface area contributed by atoms with Gasteiger partial charge >= 0.3 is 11.9 Å². The van der Waals surface area contributed by atoms with Gasteiger partial charge in [0.2, 0.25) is 0 Å². The maximum Gasteiger partial charge on any atom is 0.306 e. The molecule has 0 aromatic heterocycles. The van der Waals surface area contributed by atoms with E-state index in [1.54, 1.807) is 12.5 Å². The first-order valence-corrected chi connectivity index (χ1v) is 15.5. The van der Waals surface area contributed by atoms with E-state index in [2.05, 4.69) is 40.7 Å². The fourth-order valence-electron chi connectivity index (χ4n) is 9.57. The van der Waals surface area contributed by atoms with Crippen LogP contribution >= 0.6 is 0 Å². The standard InChI is InChI=1S/C33H54O4/c1-8-36-31(35)19-24(21(2)3)10-9-22(4)28-13-14-29-27-12-11-25-20-26(37-23(5)34)15-17-32(25,6)30(27)16-18-33(28,29)7/h12,21-22,24-26,28-30H,8-11,13-20H2,1-7H3/t22-,24-,25+,26+,28-,29+,30+,32+,33-/m1/s1. The molecule has 9 atom stereocenters. The van der Waals surface area contributed by atoms with Crippen LogP contribution in [0.25, 0.3) is 0 Å². The van der Waals surface area contributed by atoms with Crippen LogP contribution in [0, 0.1) is 52.3 Å². The molecule has 0 amide bonds. The van der Waals surface area contributed by atoms with Gasteiger partial charge in [0, 0.05) is 13.3 Å². The summed E-state index contributed by atoms with van der Waals surface area (Å²) in [7, 11) is 0. The highest BCUT2D eigenvalue weighted by molar-refractivity contribution is 5.69. The van der Waals surface area contributed by atoms with Crippen molar-refractivity contribution in [2.24, 2.45) is 52.3 Å². The first-order valence-electron chi connectivity index (χ1n) is 15.5. The van der Waals surface area contributed by atoms with E-state index >= 15 is 0 Å². The summed E-state index contributed by atoms with van der Waals surface area (Å²) in [5, 5.41) is 0. The highest BCUT2D eigenvalue weighted by atomic mass is 16.5. The van der Waals surface area contributed by atoms with Gasteiger partial charge in [0.05, 0.1) is 6.61 Å². The Hall–Kier alpha value is -1.32. The zero-order valence-corrected chi connectivity index (χ0v) is 24.8. The molecule has 0 saturated heterocycles. The van der Waals surface area contributed by atoms with Crippen molar-refractivity contribution in [2.75, 3.05) is 6.61 Å². The van der Waals surface area contributed by atoms with Crippen molar-refractivity contribution >= 4 is 11.9 Å². The van der Waals surface area contributed by atoms with Crippen molar-refractivity contribution in [3.8, 4) is 0 Å². The lowest BCUT2D eigenvalue weighted by molar-refractivity contribution is -0.152. The second-order valence-electron chi connectivity index (χ2n) is 14.0. The molecular formula is C33H54O4. The van der Waals surface area contributed by atoms with Crippen molar-refractivity contribution in [1.82, 2.24) is 0 Å². The fourth-order valence-corrected chi connectivity index (χ4v) is 9.57. The van der Waals surface area contributed by atoms with Crippen LogP contribution in [0.2, 0.25) is 0 Å². The van der Waals surface area contributed by atoms with E-state index in [1.807, 2.05) is 6.92 Å². The molecule has 210 valence electrons. The number of hydrogen-bond donors (Lipinski definition) is 0. The lowest BCUT2D eigenvalue weighted by atomic mass is 9.47. The van der Waals surface area contributed by atoms with Gasteiger partial charge in [0.15, 0.2) is 0 Å². The van der Waals surface area contributed by atoms with Crippen LogP contribution in [0.1, 0.15) is 119 Å². The molecule has 37 heavy (non-hydrogen) atoms. The molecule has 0 bridgehead atoms. The maximum atomic E-state index is 12.2. The van der Waals surface area contributed by atoms with E-state index in [1.165, 1.54) is 38.5 Å². The highest BCUT2D eigenvalue weighted by Gasteiger charge is 2.58. The van der Waals surface area contributed by atoms with E-state index in [9.17, 15) is 9.59 Å². The normalized spacial score (nSPS) is 38.6. The fraction of sp³-hybridized carbons (Fsp3) is 0.879. The van der Waals surface area contributed by atoms with Gasteiger partial charge in [0.1, 0.15) is 6.10 Å². The number of rotatable bonds is 9. The topological polar surface area (TPSA) is 52.6 Å². The van der Waals surface area contributed by atoms with Crippen LogP contribution in [0.4, 0.5) is 0 Å². The molecule has 0 heterocycles. The first kappa shape index (κ1) is 28.7. The minimum atomic E-state index is -0.124. The molecular weight excluding hydrogens is 460 g/mol. The minimum absolute atomic E-state index is 0.0296. The molecule has 0 unspecified atom stereocenters. The summed E-state index contributed by atoms with van der Waals surface area (Å²) >= 11 is 0. The van der Waals surface area contributed by atoms with E-state index in [0.717, 1.165) is 37.5 Å². The van der Waals surface area contributed by atoms with Crippen LogP contribution in [0.15, 0.2) is 11.6 Å². The molecule has 0 aliphatic heterocycles. The zero-order chi connectivity index (χ0) is 27.0. The molecule has 4 nitrogen and oxygen atoms in total. The zero-order valence-electron chi connectivity index (χ0n) is 24.8. The van der Waals surface area contributed by atoms with Crippen molar-refractivity contribution in [1.29, 1.82) is 0 Å². The quantitative estimate of drug-likeness (QED) is 0.230. The summed E-state index contributed by atoms with van der Waals surface area (Å²) in [6.07, 6.45) is 15.5. The Labute approximate surface area is 226 Å². The predicted molar refractivity (Wildman–Crippen MR) is 149 cm³/mol. The van der Waals surface area contributed by atoms with E-state index in [-0.39, 0.29) is 18.0 Å². The van der Waals surface area contributed by atoms with E-state index in [0.29, 0.717) is 53.4 Å². The molecule has 0 N–H and O–H groups in total. The second-order valence-corrected chi connectivity index (χ2v) is 14.0. The van der Waals surface area contributed by atoms with Crippen LogP contribution in [0.5, 0.6) is 0 Å². The van der Waals surface area contributed by atoms with E-state index in [4.69, 9.17) is 9.47 Å². The van der Waals surface area contributed by atoms with Gasteiger partial charge in [-0.25, -0.2) is 0 Å². The number of esters is 2. The minimum Gasteiger partial charge on any atom is -0.466 e. The molecule has 0 spiro atoms. The van der Waals surface area contributed by atoms with E-state index < -0.39 is 0 Å². The molecule has 4 aliphatic rings. The van der Waals surface area contributed by atoms with Gasteiger partial charge < -0.3 is 9.47 Å². The van der Waals surface area contributed by atoms with Gasteiger partial charge in [-0.05, 0) is 117 Å². The molecule has 3 saturated carbocycles. The maximum absolute atomic E-state index is 12.2. The average Bonchev–Trinajstić information content (AvgIpc) is 3.18. The third-order valence-corrected chi connectivity index (χ3v) is 11.8. The number of carbonyl (C=O) groups excluding carboxylic acids is 2. The Morgan fingerprint density at radius 1 is 1.00 bits per heavy atom. The van der Waals surface area contributed by atoms with Gasteiger partial charge in [-0.1, -0.05) is 52.7 Å². The first-order chi connectivity index (χ1) is 17.5. The van der Waals surface area contributed by atoms with Crippen LogP contribution < -0.4 is 0 Å². The Bertz CT molecular complexity index is 860. The molecule has 3 fully saturated rings. The smallest absolute Gasteiger partial charge is 0.306 e. The van der Waals surface area contributed by atoms with Crippen molar-refractivity contribution in [3.05, 3.63) is 11.6 Å². The van der Waals surface area contributed by atoms with Gasteiger partial charge in [0.25, 0.3) is 0 Å². The lowest BCUT2D eigenvalue weighted by Crippen LogP contribution is -2.50. The van der Waals surface area contributed by atoms with Crippen LogP contribution in [0.3, 0.4) is 0 Å². The van der Waals surface area contributed by atoms with Gasteiger partial charge in [-0.3, -0.25) is 9.59 Å². The monoisotopic (exact) mass is 514 g/mol. The van der Waals surface area contributed by atoms with Crippen molar-refractivity contribution in [2.45, 2.75) is 125 Å². The molecule has 0 aromatic rings. The third kappa shape index (κ3) is 5.69. The highest BCUT2D eigenvalue weighted by Crippen LogP contribution is 2.67. The third-order valence-electron chi connectivity index (χ3n) is 11.8. The summed E-state index contributed by atoms with van der Waals surface area (Å²) in [5.74, 6) is 4.35. The second kappa shape index (κ2) is 11.4. The molecule has 0 aromatic carbocycles. The summed E-state index contributed by atoms with van der Waals surface area (Å²) in [4.78, 5) is 23.7. The number of allylic oxidation sites excluding steroid dienone is 2. The number of hydrogen-bond acceptors (Lipinski definition) is 4. The SMILES string of the molecule is CCOC(=O)C[C@@H](CC[C@@H](C)[C@H]1CC[C@H]2C3=CC[C@H]4C[C@@H](OC(C)=O)CC[C@]4(C)[C@H]3CC[C@]12C)C(C)C. The van der Waals surface area contributed by atoms with Crippen LogP contribution in [-0.4, -0.2) is 24.6 Å². The van der Waals surface area contributed by atoms with Gasteiger partial charge in [-0.2, -0.15) is 0 Å². The van der Waals surface area contributed by atoms with Crippen molar-refractivity contribution in [3.63, 3.8) is 0 Å². The Morgan fingerprint density at radius 3 is 2.38 bits per heavy atom. The Morgan fingerprint density at radius 2 is 1.70 bits per heavy atom.